The molecular formula is C7H8F3N3OS. The molecule has 15 heavy (non-hydrogen) atoms. The normalized spacial score (nSPS) is 11.2. The van der Waals surface area contributed by atoms with Gasteiger partial charge in [0, 0.05) is 6.54 Å². The maximum atomic E-state index is 12.1. The van der Waals surface area contributed by atoms with E-state index in [0.717, 1.165) is 0 Å². The summed E-state index contributed by atoms with van der Waals surface area (Å²) in [6, 6.07) is -0.284. The summed E-state index contributed by atoms with van der Waals surface area (Å²) in [7, 11) is 0. The molecule has 2 N–H and O–H groups in total. The molecular weight excluding hydrogens is 231 g/mol. The number of hydrogen-bond donors (Lipinski definition) is 2. The van der Waals surface area contributed by atoms with Crippen LogP contribution >= 0.6 is 12.2 Å². The highest BCUT2D eigenvalue weighted by Crippen LogP contribution is 2.29. The molecule has 0 amide bonds. The molecule has 0 saturated carbocycles. The maximum Gasteiger partial charge on any atom is 0.436 e. The molecule has 1 heterocycles. The molecule has 1 aromatic rings. The lowest BCUT2D eigenvalue weighted by Gasteiger charge is -2.03. The van der Waals surface area contributed by atoms with Crippen LogP contribution in [0, 0.1) is 0 Å². The van der Waals surface area contributed by atoms with Gasteiger partial charge in [-0.05, 0) is 19.1 Å². The van der Waals surface area contributed by atoms with Gasteiger partial charge in [0.1, 0.15) is 6.26 Å². The van der Waals surface area contributed by atoms with Gasteiger partial charge in [0.2, 0.25) is 0 Å². The van der Waals surface area contributed by atoms with Crippen molar-refractivity contribution >= 4 is 23.3 Å². The fraction of sp³-hybridized carbons (Fsp3) is 0.429. The molecule has 0 aliphatic rings. The van der Waals surface area contributed by atoms with Crippen LogP contribution in [0.3, 0.4) is 0 Å². The molecule has 0 fully saturated rings. The number of rotatable bonds is 2. The minimum atomic E-state index is -4.51. The third-order valence-corrected chi connectivity index (χ3v) is 1.60. The summed E-state index contributed by atoms with van der Waals surface area (Å²) >= 11 is 4.73. The standard InChI is InChI=1S/C7H8F3N3OS/c1-2-11-6(15)13-5-12-4(3-14-5)7(8,9)10/h3H,2H2,1H3,(H2,11,12,13,15). The second kappa shape index (κ2) is 4.47. The summed E-state index contributed by atoms with van der Waals surface area (Å²) < 4.78 is 40.8. The largest absolute Gasteiger partial charge is 0.436 e. The van der Waals surface area contributed by atoms with Crippen molar-refractivity contribution in [1.82, 2.24) is 10.3 Å². The van der Waals surface area contributed by atoms with Gasteiger partial charge in [0.05, 0.1) is 0 Å². The van der Waals surface area contributed by atoms with Crippen molar-refractivity contribution in [3.05, 3.63) is 12.0 Å². The van der Waals surface area contributed by atoms with Gasteiger partial charge in [-0.15, -0.1) is 0 Å². The van der Waals surface area contributed by atoms with Gasteiger partial charge in [-0.3, -0.25) is 5.32 Å². The van der Waals surface area contributed by atoms with E-state index in [0.29, 0.717) is 12.8 Å². The quantitative estimate of drug-likeness (QED) is 0.773. The highest BCUT2D eigenvalue weighted by Gasteiger charge is 2.34. The van der Waals surface area contributed by atoms with E-state index in [1.807, 2.05) is 0 Å². The van der Waals surface area contributed by atoms with Crippen LogP contribution in [-0.2, 0) is 6.18 Å². The molecule has 0 aliphatic carbocycles. The molecule has 0 spiro atoms. The van der Waals surface area contributed by atoms with Gasteiger partial charge >= 0.3 is 12.2 Å². The summed E-state index contributed by atoms with van der Waals surface area (Å²) in [6.07, 6.45) is -3.99. The smallest absolute Gasteiger partial charge is 0.431 e. The number of nitrogens with zero attached hydrogens (tertiary/aromatic N) is 1. The van der Waals surface area contributed by atoms with E-state index in [2.05, 4.69) is 20.0 Å². The Balaban J connectivity index is 2.65. The van der Waals surface area contributed by atoms with Crippen LogP contribution in [0.5, 0.6) is 0 Å². The molecule has 0 atom stereocenters. The van der Waals surface area contributed by atoms with Crippen LogP contribution in [0.25, 0.3) is 0 Å². The molecule has 0 bridgehead atoms. The lowest BCUT2D eigenvalue weighted by atomic mass is 10.5. The Morgan fingerprint density at radius 2 is 2.27 bits per heavy atom. The van der Waals surface area contributed by atoms with Crippen molar-refractivity contribution < 1.29 is 17.6 Å². The monoisotopic (exact) mass is 239 g/mol. The van der Waals surface area contributed by atoms with Gasteiger partial charge in [0.25, 0.3) is 0 Å². The number of nitrogens with one attached hydrogen (secondary N) is 2. The van der Waals surface area contributed by atoms with Crippen LogP contribution in [0.2, 0.25) is 0 Å². The first-order chi connectivity index (χ1) is 6.93. The van der Waals surface area contributed by atoms with Gasteiger partial charge in [-0.25, -0.2) is 0 Å². The SMILES string of the molecule is CCNC(=S)Nc1nc(C(F)(F)F)co1. The molecule has 4 nitrogen and oxygen atoms in total. The first kappa shape index (κ1) is 11.8. The minimum Gasteiger partial charge on any atom is -0.431 e. The summed E-state index contributed by atoms with van der Waals surface area (Å²) in [5.74, 6) is 0. The Bertz CT molecular complexity index is 349. The molecule has 0 radical (unpaired) electrons. The van der Waals surface area contributed by atoms with Crippen LogP contribution in [0.1, 0.15) is 12.6 Å². The first-order valence-corrected chi connectivity index (χ1v) is 4.42. The van der Waals surface area contributed by atoms with Crippen molar-refractivity contribution in [2.45, 2.75) is 13.1 Å². The van der Waals surface area contributed by atoms with Crippen molar-refractivity contribution in [2.75, 3.05) is 11.9 Å². The number of thiocarbonyl (C=S) groups is 1. The number of alkyl halides is 3. The van der Waals surface area contributed by atoms with E-state index in [-0.39, 0.29) is 11.1 Å². The predicted octanol–water partition coefficient (Wildman–Crippen LogP) is 2.00. The Morgan fingerprint density at radius 3 is 2.73 bits per heavy atom. The minimum absolute atomic E-state index is 0.160. The van der Waals surface area contributed by atoms with Gasteiger partial charge in [0.15, 0.2) is 10.8 Å². The number of aromatic nitrogens is 1. The predicted molar refractivity (Wildman–Crippen MR) is 51.4 cm³/mol. The zero-order valence-electron chi connectivity index (χ0n) is 7.68. The van der Waals surface area contributed by atoms with Crippen molar-refractivity contribution in [3.8, 4) is 0 Å². The molecule has 8 heteroatoms. The first-order valence-electron chi connectivity index (χ1n) is 4.01. The van der Waals surface area contributed by atoms with Crippen molar-refractivity contribution in [3.63, 3.8) is 0 Å². The molecule has 0 saturated heterocycles. The second-order valence-corrected chi connectivity index (χ2v) is 2.93. The summed E-state index contributed by atoms with van der Waals surface area (Å²) in [5.41, 5.74) is -1.09. The van der Waals surface area contributed by atoms with E-state index in [1.54, 1.807) is 6.92 Å². The number of anilines is 1. The van der Waals surface area contributed by atoms with Crippen LogP contribution in [0.4, 0.5) is 19.2 Å². The Morgan fingerprint density at radius 1 is 1.60 bits per heavy atom. The Hall–Kier alpha value is -1.31. The number of oxazole rings is 1. The van der Waals surface area contributed by atoms with E-state index >= 15 is 0 Å². The van der Waals surface area contributed by atoms with E-state index in [9.17, 15) is 13.2 Å². The van der Waals surface area contributed by atoms with Gasteiger partial charge in [-0.1, -0.05) is 0 Å². The van der Waals surface area contributed by atoms with Crippen LogP contribution in [0.15, 0.2) is 10.7 Å². The second-order valence-electron chi connectivity index (χ2n) is 2.52. The van der Waals surface area contributed by atoms with Gasteiger partial charge < -0.3 is 9.73 Å². The lowest BCUT2D eigenvalue weighted by molar-refractivity contribution is -0.141. The molecule has 1 aromatic heterocycles. The lowest BCUT2D eigenvalue weighted by Crippen LogP contribution is -2.28. The third kappa shape index (κ3) is 3.39. The fourth-order valence-corrected chi connectivity index (χ4v) is 0.995. The van der Waals surface area contributed by atoms with E-state index in [1.165, 1.54) is 0 Å². The molecule has 0 unspecified atom stereocenters. The zero-order valence-corrected chi connectivity index (χ0v) is 8.50. The summed E-state index contributed by atoms with van der Waals surface area (Å²) in [6.45, 7) is 2.35. The van der Waals surface area contributed by atoms with Crippen molar-refractivity contribution in [2.24, 2.45) is 0 Å². The van der Waals surface area contributed by atoms with Crippen LogP contribution < -0.4 is 10.6 Å². The number of halogens is 3. The van der Waals surface area contributed by atoms with Crippen molar-refractivity contribution in [1.29, 1.82) is 0 Å². The maximum absolute atomic E-state index is 12.1. The zero-order chi connectivity index (χ0) is 11.5. The van der Waals surface area contributed by atoms with E-state index in [4.69, 9.17) is 12.2 Å². The average Bonchev–Trinajstić information content (AvgIpc) is 2.52. The Labute approximate surface area is 88.9 Å². The topological polar surface area (TPSA) is 50.1 Å². The third-order valence-electron chi connectivity index (χ3n) is 1.35. The Kier molecular flexibility index (Phi) is 3.51. The van der Waals surface area contributed by atoms with Crippen LogP contribution in [-0.4, -0.2) is 16.6 Å². The highest BCUT2D eigenvalue weighted by atomic mass is 32.1. The fourth-order valence-electron chi connectivity index (χ4n) is 0.763. The van der Waals surface area contributed by atoms with Gasteiger partial charge in [-0.2, -0.15) is 18.2 Å². The average molecular weight is 239 g/mol. The van der Waals surface area contributed by atoms with E-state index < -0.39 is 11.9 Å². The molecule has 0 aromatic carbocycles. The molecule has 84 valence electrons. The molecule has 1 rings (SSSR count). The number of hydrogen-bond acceptors (Lipinski definition) is 3. The molecule has 0 aliphatic heterocycles. The summed E-state index contributed by atoms with van der Waals surface area (Å²) in [4.78, 5) is 3.17. The summed E-state index contributed by atoms with van der Waals surface area (Å²) in [5, 5.41) is 5.22. The highest BCUT2D eigenvalue weighted by molar-refractivity contribution is 7.80.